The maximum Gasteiger partial charge on any atom is 0.279 e. The van der Waals surface area contributed by atoms with Crippen LogP contribution in [-0.2, 0) is 0 Å². The molecular formula is C13H10N2O5. The highest BCUT2D eigenvalue weighted by Gasteiger charge is 2.23. The summed E-state index contributed by atoms with van der Waals surface area (Å²) in [6.07, 6.45) is 0. The molecule has 0 spiro atoms. The van der Waals surface area contributed by atoms with Crippen molar-refractivity contribution < 1.29 is 19.5 Å². The average Bonchev–Trinajstić information content (AvgIpc) is 2.88. The molecule has 1 aliphatic heterocycles. The van der Waals surface area contributed by atoms with Gasteiger partial charge in [0, 0.05) is 6.07 Å². The number of fused-ring (bicyclic) bond motifs is 1. The molecule has 0 aliphatic carbocycles. The van der Waals surface area contributed by atoms with E-state index < -0.39 is 4.92 Å². The largest absolute Gasteiger partial charge is 0.506 e. The summed E-state index contributed by atoms with van der Waals surface area (Å²) in [4.78, 5) is 10.6. The van der Waals surface area contributed by atoms with Gasteiger partial charge in [0.2, 0.25) is 6.79 Å². The number of rotatable bonds is 2. The van der Waals surface area contributed by atoms with E-state index in [2.05, 4.69) is 0 Å². The van der Waals surface area contributed by atoms with Gasteiger partial charge in [-0.2, -0.15) is 0 Å². The van der Waals surface area contributed by atoms with Crippen LogP contribution in [0.2, 0.25) is 0 Å². The molecule has 3 N–H and O–H groups in total. The zero-order valence-corrected chi connectivity index (χ0v) is 10.2. The van der Waals surface area contributed by atoms with E-state index in [-0.39, 0.29) is 29.5 Å². The van der Waals surface area contributed by atoms with E-state index in [1.165, 1.54) is 12.1 Å². The van der Waals surface area contributed by atoms with Crippen LogP contribution < -0.4 is 15.2 Å². The molecular weight excluding hydrogens is 264 g/mol. The first-order valence-corrected chi connectivity index (χ1v) is 5.74. The lowest BCUT2D eigenvalue weighted by molar-refractivity contribution is -0.384. The monoisotopic (exact) mass is 274 g/mol. The van der Waals surface area contributed by atoms with Gasteiger partial charge in [-0.15, -0.1) is 0 Å². The Morgan fingerprint density at radius 3 is 2.70 bits per heavy atom. The summed E-state index contributed by atoms with van der Waals surface area (Å²) in [5.74, 6) is 0.845. The Hall–Kier alpha value is -2.96. The Bertz CT molecular complexity index is 714. The predicted octanol–water partition coefficient (Wildman–Crippen LogP) is 2.28. The van der Waals surface area contributed by atoms with Crippen molar-refractivity contribution in [2.24, 2.45) is 0 Å². The second-order valence-electron chi connectivity index (χ2n) is 4.22. The summed E-state index contributed by atoms with van der Waals surface area (Å²) in [6.45, 7) is 0.108. The number of phenolic OH excluding ortho intramolecular Hbond substituents is 1. The highest BCUT2D eigenvalue weighted by molar-refractivity contribution is 5.88. The molecule has 0 aromatic heterocycles. The first-order chi connectivity index (χ1) is 9.58. The van der Waals surface area contributed by atoms with E-state index in [1.54, 1.807) is 18.2 Å². The number of nitrogens with two attached hydrogens (primary N) is 1. The second-order valence-corrected chi connectivity index (χ2v) is 4.22. The molecule has 7 nitrogen and oxygen atoms in total. The van der Waals surface area contributed by atoms with Crippen LogP contribution in [0.4, 0.5) is 11.4 Å². The highest BCUT2D eigenvalue weighted by atomic mass is 16.7. The second kappa shape index (κ2) is 4.30. The highest BCUT2D eigenvalue weighted by Crippen LogP contribution is 2.43. The molecule has 1 heterocycles. The van der Waals surface area contributed by atoms with Gasteiger partial charge in [0.25, 0.3) is 5.69 Å². The molecule has 0 unspecified atom stereocenters. The first-order valence-electron chi connectivity index (χ1n) is 5.74. The van der Waals surface area contributed by atoms with E-state index >= 15 is 0 Å². The maximum atomic E-state index is 11.1. The van der Waals surface area contributed by atoms with Gasteiger partial charge in [-0.1, -0.05) is 6.07 Å². The topological polar surface area (TPSA) is 108 Å². The van der Waals surface area contributed by atoms with Crippen LogP contribution in [-0.4, -0.2) is 16.8 Å². The van der Waals surface area contributed by atoms with Crippen molar-refractivity contribution >= 4 is 11.4 Å². The molecule has 0 amide bonds. The molecule has 7 heteroatoms. The molecule has 0 saturated carbocycles. The van der Waals surface area contributed by atoms with Crippen molar-refractivity contribution in [1.29, 1.82) is 0 Å². The van der Waals surface area contributed by atoms with Crippen molar-refractivity contribution in [3.63, 3.8) is 0 Å². The quantitative estimate of drug-likeness (QED) is 0.376. The molecule has 0 radical (unpaired) electrons. The van der Waals surface area contributed by atoms with Gasteiger partial charge in [0.1, 0.15) is 5.75 Å². The fourth-order valence-electron chi connectivity index (χ4n) is 2.10. The van der Waals surface area contributed by atoms with Crippen molar-refractivity contribution in [2.45, 2.75) is 0 Å². The standard InChI is InChI=1S/C13H10N2O5/c14-13-9(16)3-2-8(15(17)18)12(13)7-1-4-10-11(5-7)20-6-19-10/h1-5,16H,6,14H2. The van der Waals surface area contributed by atoms with Gasteiger partial charge in [-0.3, -0.25) is 10.1 Å². The Morgan fingerprint density at radius 1 is 1.20 bits per heavy atom. The van der Waals surface area contributed by atoms with Crippen LogP contribution >= 0.6 is 0 Å². The molecule has 1 aliphatic rings. The number of nitro groups is 1. The number of benzene rings is 2. The molecule has 0 saturated heterocycles. The molecule has 20 heavy (non-hydrogen) atoms. The maximum absolute atomic E-state index is 11.1. The van der Waals surface area contributed by atoms with Crippen LogP contribution in [0.25, 0.3) is 11.1 Å². The zero-order valence-electron chi connectivity index (χ0n) is 10.2. The fraction of sp³-hybridized carbons (Fsp3) is 0.0769. The van der Waals surface area contributed by atoms with Crippen molar-refractivity contribution in [1.82, 2.24) is 0 Å². The number of hydrogen-bond donors (Lipinski definition) is 2. The molecule has 0 bridgehead atoms. The number of ether oxygens (including phenoxy) is 2. The zero-order chi connectivity index (χ0) is 14.3. The lowest BCUT2D eigenvalue weighted by Crippen LogP contribution is -1.97. The molecule has 2 aromatic rings. The van der Waals surface area contributed by atoms with Gasteiger partial charge in [0.15, 0.2) is 11.5 Å². The van der Waals surface area contributed by atoms with E-state index in [1.807, 2.05) is 0 Å². The van der Waals surface area contributed by atoms with Gasteiger partial charge in [-0.25, -0.2) is 0 Å². The number of anilines is 1. The Balaban J connectivity index is 2.23. The lowest BCUT2D eigenvalue weighted by atomic mass is 10.0. The Labute approximate surface area is 113 Å². The predicted molar refractivity (Wildman–Crippen MR) is 70.7 cm³/mol. The summed E-state index contributed by atoms with van der Waals surface area (Å²) in [5.41, 5.74) is 6.19. The Morgan fingerprint density at radius 2 is 1.95 bits per heavy atom. The first kappa shape index (κ1) is 12.1. The molecule has 0 fully saturated rings. The summed E-state index contributed by atoms with van der Waals surface area (Å²) >= 11 is 0. The number of aromatic hydroxyl groups is 1. The third-order valence-electron chi connectivity index (χ3n) is 3.06. The van der Waals surface area contributed by atoms with E-state index in [0.717, 1.165) is 0 Å². The third kappa shape index (κ3) is 1.76. The van der Waals surface area contributed by atoms with Gasteiger partial charge in [0.05, 0.1) is 16.2 Å². The van der Waals surface area contributed by atoms with Crippen LogP contribution in [0.1, 0.15) is 0 Å². The summed E-state index contributed by atoms with van der Waals surface area (Å²) < 4.78 is 10.4. The molecule has 2 aromatic carbocycles. The summed E-state index contributed by atoms with van der Waals surface area (Å²) in [6, 6.07) is 7.28. The van der Waals surface area contributed by atoms with E-state index in [9.17, 15) is 15.2 Å². The minimum absolute atomic E-state index is 0.0435. The fourth-order valence-corrected chi connectivity index (χ4v) is 2.10. The minimum Gasteiger partial charge on any atom is -0.506 e. The normalized spacial score (nSPS) is 12.4. The number of hydrogen-bond acceptors (Lipinski definition) is 6. The number of nitrogens with zero attached hydrogens (tertiary/aromatic N) is 1. The van der Waals surface area contributed by atoms with E-state index in [0.29, 0.717) is 17.1 Å². The lowest BCUT2D eigenvalue weighted by Gasteiger charge is -2.09. The van der Waals surface area contributed by atoms with E-state index in [4.69, 9.17) is 15.2 Å². The number of nitrogen functional groups attached to an aromatic ring is 1. The SMILES string of the molecule is Nc1c(O)ccc([N+](=O)[O-])c1-c1ccc2c(c1)OCO2. The summed E-state index contributed by atoms with van der Waals surface area (Å²) in [5, 5.41) is 20.8. The van der Waals surface area contributed by atoms with Crippen molar-refractivity contribution in [3.05, 3.63) is 40.4 Å². The minimum atomic E-state index is -0.546. The van der Waals surface area contributed by atoms with Gasteiger partial charge in [-0.05, 0) is 23.8 Å². The molecule has 3 rings (SSSR count). The summed E-state index contributed by atoms with van der Waals surface area (Å²) in [7, 11) is 0. The van der Waals surface area contributed by atoms with Crippen molar-refractivity contribution in [3.8, 4) is 28.4 Å². The molecule has 102 valence electrons. The number of phenols is 1. The third-order valence-corrected chi connectivity index (χ3v) is 3.06. The van der Waals surface area contributed by atoms with Crippen LogP contribution in [0, 0.1) is 10.1 Å². The smallest absolute Gasteiger partial charge is 0.279 e. The Kier molecular flexibility index (Phi) is 2.60. The van der Waals surface area contributed by atoms with Crippen LogP contribution in [0.3, 0.4) is 0 Å². The van der Waals surface area contributed by atoms with Gasteiger partial charge >= 0.3 is 0 Å². The van der Waals surface area contributed by atoms with Crippen LogP contribution in [0.15, 0.2) is 30.3 Å². The number of nitro benzene ring substituents is 1. The molecule has 0 atom stereocenters. The average molecular weight is 274 g/mol. The van der Waals surface area contributed by atoms with Crippen molar-refractivity contribution in [2.75, 3.05) is 12.5 Å². The van der Waals surface area contributed by atoms with Gasteiger partial charge < -0.3 is 20.3 Å². The van der Waals surface area contributed by atoms with Crippen LogP contribution in [0.5, 0.6) is 17.2 Å².